The highest BCUT2D eigenvalue weighted by molar-refractivity contribution is 5.85. The predicted molar refractivity (Wildman–Crippen MR) is 94.8 cm³/mol. The number of hydrogen-bond acceptors (Lipinski definition) is 3. The maximum atomic E-state index is 14.3. The Bertz CT molecular complexity index is 869. The first kappa shape index (κ1) is 21.9. The van der Waals surface area contributed by atoms with Crippen LogP contribution in [0.15, 0.2) is 66.8 Å². The Morgan fingerprint density at radius 1 is 0.931 bits per heavy atom. The summed E-state index contributed by atoms with van der Waals surface area (Å²) in [6.07, 6.45) is -5.13. The minimum Gasteiger partial charge on any atom is -0.490 e. The molecule has 0 bridgehead atoms. The van der Waals surface area contributed by atoms with Gasteiger partial charge in [-0.2, -0.15) is 22.0 Å². The second kappa shape index (κ2) is 9.22. The number of carboxylic acid groups (broad SMARTS) is 1. The summed E-state index contributed by atoms with van der Waals surface area (Å²) in [6.45, 7) is -0.367. The molecule has 9 heteroatoms. The molecule has 0 atom stereocenters. The molecule has 0 heterocycles. The minimum absolute atomic E-state index is 0.0199. The van der Waals surface area contributed by atoms with Crippen molar-refractivity contribution < 1.29 is 41.3 Å². The Labute approximate surface area is 162 Å². The third kappa shape index (κ3) is 7.65. The van der Waals surface area contributed by atoms with Crippen molar-refractivity contribution in [1.29, 1.82) is 0 Å². The smallest absolute Gasteiger partial charge is 0.426 e. The van der Waals surface area contributed by atoms with Gasteiger partial charge in [0.05, 0.1) is 5.56 Å². The van der Waals surface area contributed by atoms with Crippen molar-refractivity contribution >= 4 is 12.0 Å². The number of carbonyl (C=O) groups is 1. The van der Waals surface area contributed by atoms with Crippen LogP contribution in [0.2, 0.25) is 0 Å². The Hall–Kier alpha value is -3.36. The van der Waals surface area contributed by atoms with Gasteiger partial charge in [0.25, 0.3) is 0 Å². The number of allylic oxidation sites excluding steroid dienone is 1. The molecule has 29 heavy (non-hydrogen) atoms. The van der Waals surface area contributed by atoms with Crippen LogP contribution < -0.4 is 9.47 Å². The normalized spacial score (nSPS) is 12.4. The van der Waals surface area contributed by atoms with Gasteiger partial charge in [-0.05, 0) is 54.1 Å². The van der Waals surface area contributed by atoms with Crippen LogP contribution in [0.3, 0.4) is 0 Å². The number of ether oxygens (including phenoxy) is 2. The van der Waals surface area contributed by atoms with E-state index < -0.39 is 23.8 Å². The summed E-state index contributed by atoms with van der Waals surface area (Å²) in [5, 5.41) is 8.55. The zero-order chi connectivity index (χ0) is 21.5. The van der Waals surface area contributed by atoms with Gasteiger partial charge in [-0.3, -0.25) is 0 Å². The molecule has 0 fully saturated rings. The van der Waals surface area contributed by atoms with Gasteiger partial charge in [0, 0.05) is 12.2 Å². The molecule has 2 aromatic carbocycles. The summed E-state index contributed by atoms with van der Waals surface area (Å²) in [5.74, 6) is -1.16. The quantitative estimate of drug-likeness (QED) is 0.357. The molecule has 154 valence electrons. The number of hydrogen-bond donors (Lipinski definition) is 1. The second-order valence-corrected chi connectivity index (χ2v) is 5.64. The van der Waals surface area contributed by atoms with E-state index in [1.54, 1.807) is 0 Å². The molecule has 0 unspecified atom stereocenters. The molecule has 0 aliphatic heterocycles. The van der Waals surface area contributed by atoms with Crippen molar-refractivity contribution in [2.24, 2.45) is 0 Å². The zero-order valence-electron chi connectivity index (χ0n) is 14.7. The first-order chi connectivity index (χ1) is 13.5. The van der Waals surface area contributed by atoms with Crippen molar-refractivity contribution in [3.05, 3.63) is 77.9 Å². The average Bonchev–Trinajstić information content (AvgIpc) is 2.64. The molecule has 0 saturated heterocycles. The molecule has 0 aliphatic carbocycles. The van der Waals surface area contributed by atoms with Gasteiger partial charge in [-0.1, -0.05) is 12.1 Å². The highest BCUT2D eigenvalue weighted by Crippen LogP contribution is 2.32. The van der Waals surface area contributed by atoms with Crippen LogP contribution in [0.4, 0.5) is 22.0 Å². The van der Waals surface area contributed by atoms with Crippen molar-refractivity contribution in [3.63, 3.8) is 0 Å². The molecule has 0 aliphatic rings. The number of alkyl halides is 5. The summed E-state index contributed by atoms with van der Waals surface area (Å²) >= 11 is 0. The fourth-order valence-electron chi connectivity index (χ4n) is 2.09. The van der Waals surface area contributed by atoms with Crippen molar-refractivity contribution in [1.82, 2.24) is 0 Å². The van der Waals surface area contributed by atoms with Crippen LogP contribution >= 0.6 is 0 Å². The fourth-order valence-corrected chi connectivity index (χ4v) is 2.09. The second-order valence-electron chi connectivity index (χ2n) is 5.64. The highest BCUT2D eigenvalue weighted by Gasteiger charge is 2.34. The monoisotopic (exact) mass is 414 g/mol. The maximum absolute atomic E-state index is 14.3. The van der Waals surface area contributed by atoms with E-state index in [0.717, 1.165) is 24.3 Å². The Kier molecular flexibility index (Phi) is 6.98. The molecule has 0 aromatic heterocycles. The number of aliphatic carboxylic acids is 1. The van der Waals surface area contributed by atoms with Gasteiger partial charge in [-0.25, -0.2) is 4.79 Å². The van der Waals surface area contributed by atoms with Gasteiger partial charge < -0.3 is 14.6 Å². The van der Waals surface area contributed by atoms with Crippen molar-refractivity contribution in [2.45, 2.75) is 12.3 Å². The zero-order valence-corrected chi connectivity index (χ0v) is 14.7. The molecule has 4 nitrogen and oxygen atoms in total. The molecule has 0 saturated carbocycles. The first-order valence-corrected chi connectivity index (χ1v) is 8.11. The third-order valence-electron chi connectivity index (χ3n) is 3.39. The topological polar surface area (TPSA) is 55.8 Å². The van der Waals surface area contributed by atoms with E-state index in [4.69, 9.17) is 14.6 Å². The van der Waals surface area contributed by atoms with Crippen LogP contribution in [-0.4, -0.2) is 23.9 Å². The Morgan fingerprint density at radius 3 is 2.07 bits per heavy atom. The van der Waals surface area contributed by atoms with Crippen LogP contribution in [0.5, 0.6) is 11.5 Å². The van der Waals surface area contributed by atoms with Gasteiger partial charge in [0.1, 0.15) is 18.1 Å². The van der Waals surface area contributed by atoms with Crippen LogP contribution in [0.25, 0.3) is 6.08 Å². The highest BCUT2D eigenvalue weighted by atomic mass is 19.4. The third-order valence-corrected chi connectivity index (χ3v) is 3.39. The van der Waals surface area contributed by atoms with Crippen LogP contribution in [0, 0.1) is 0 Å². The van der Waals surface area contributed by atoms with Crippen LogP contribution in [0.1, 0.15) is 11.1 Å². The molecular formula is C20H15F5O4. The molecule has 1 N–H and O–H groups in total. The largest absolute Gasteiger partial charge is 0.490 e. The molecule has 2 rings (SSSR count). The van der Waals surface area contributed by atoms with E-state index in [9.17, 15) is 26.7 Å². The van der Waals surface area contributed by atoms with E-state index in [2.05, 4.69) is 0 Å². The lowest BCUT2D eigenvalue weighted by molar-refractivity contribution is -0.185. The maximum Gasteiger partial charge on any atom is 0.426 e. The van der Waals surface area contributed by atoms with E-state index in [-0.39, 0.29) is 24.2 Å². The lowest BCUT2D eigenvalue weighted by Crippen LogP contribution is -2.21. The summed E-state index contributed by atoms with van der Waals surface area (Å²) < 4.78 is 74.2. The molecule has 2 aromatic rings. The molecule has 0 amide bonds. The van der Waals surface area contributed by atoms with Crippen molar-refractivity contribution in [2.75, 3.05) is 6.61 Å². The van der Waals surface area contributed by atoms with Gasteiger partial charge >= 0.3 is 18.3 Å². The summed E-state index contributed by atoms with van der Waals surface area (Å²) in [4.78, 5) is 10.5. The van der Waals surface area contributed by atoms with Gasteiger partial charge in [0.15, 0.2) is 0 Å². The van der Waals surface area contributed by atoms with Crippen molar-refractivity contribution in [3.8, 4) is 11.5 Å². The minimum atomic E-state index is -4.45. The standard InChI is InChI=1S/C20H15F5O4/c21-19(22,23)12-1-13-28-16-9-5-15(6-10-16)20(24,25)29-17-7-2-14(3-8-17)4-11-18(26)27/h1-12H,13H2,(H,26,27)/b11-4+,12-1+. The van der Waals surface area contributed by atoms with E-state index in [0.29, 0.717) is 5.56 Å². The Balaban J connectivity index is 1.98. The van der Waals surface area contributed by atoms with Gasteiger partial charge in [-0.15, -0.1) is 0 Å². The SMILES string of the molecule is O=C(O)/C=C/c1ccc(OC(F)(F)c2ccc(OC/C=C/C(F)(F)F)cc2)cc1. The average molecular weight is 414 g/mol. The molecule has 0 spiro atoms. The summed E-state index contributed by atoms with van der Waals surface area (Å²) in [6, 6.07) is 9.80. The van der Waals surface area contributed by atoms with Crippen LogP contribution in [-0.2, 0) is 10.9 Å². The van der Waals surface area contributed by atoms with E-state index >= 15 is 0 Å². The number of rotatable bonds is 8. The number of halogens is 5. The summed E-state index contributed by atoms with van der Waals surface area (Å²) in [7, 11) is 0. The van der Waals surface area contributed by atoms with E-state index in [1.807, 2.05) is 0 Å². The first-order valence-electron chi connectivity index (χ1n) is 8.11. The molecular weight excluding hydrogens is 399 g/mol. The number of benzene rings is 2. The summed E-state index contributed by atoms with van der Waals surface area (Å²) in [5.41, 5.74) is 0.00896. The fraction of sp³-hybridized carbons (Fsp3) is 0.150. The molecule has 0 radical (unpaired) electrons. The lowest BCUT2D eigenvalue weighted by atomic mass is 10.2. The number of carboxylic acids is 1. The predicted octanol–water partition coefficient (Wildman–Crippen LogP) is 5.41. The Morgan fingerprint density at radius 2 is 1.52 bits per heavy atom. The van der Waals surface area contributed by atoms with E-state index in [1.165, 1.54) is 42.5 Å². The van der Waals surface area contributed by atoms with Gasteiger partial charge in [0.2, 0.25) is 0 Å². The lowest BCUT2D eigenvalue weighted by Gasteiger charge is -2.18.